The van der Waals surface area contributed by atoms with Crippen molar-refractivity contribution in [1.82, 2.24) is 14.7 Å². The molecule has 3 aliphatic rings. The molecule has 1 aliphatic carbocycles. The lowest BCUT2D eigenvalue weighted by molar-refractivity contribution is -0.130. The van der Waals surface area contributed by atoms with E-state index in [4.69, 9.17) is 16.3 Å². The zero-order valence-electron chi connectivity index (χ0n) is 28.5. The molecule has 0 N–H and O–H groups in total. The molecular weight excluding hydrogens is 637 g/mol. The average molecular weight is 680 g/mol. The second-order valence-corrected chi connectivity index (χ2v) is 14.7. The molecule has 4 aromatic rings. The Labute approximate surface area is 293 Å². The summed E-state index contributed by atoms with van der Waals surface area (Å²) in [5.41, 5.74) is 8.21. The maximum absolute atomic E-state index is 14.4. The van der Waals surface area contributed by atoms with Crippen molar-refractivity contribution >= 4 is 23.4 Å². The monoisotopic (exact) mass is 679 g/mol. The van der Waals surface area contributed by atoms with Crippen LogP contribution in [0.1, 0.15) is 63.9 Å². The van der Waals surface area contributed by atoms with Crippen molar-refractivity contribution in [3.63, 3.8) is 0 Å². The first-order chi connectivity index (χ1) is 23.6. The molecule has 49 heavy (non-hydrogen) atoms. The maximum atomic E-state index is 14.4. The Bertz CT molecular complexity index is 1890. The molecule has 0 radical (unpaired) electrons. The van der Waals surface area contributed by atoms with E-state index in [9.17, 15) is 14.0 Å². The van der Waals surface area contributed by atoms with Gasteiger partial charge < -0.3 is 14.5 Å². The summed E-state index contributed by atoms with van der Waals surface area (Å²) in [6, 6.07) is 26.2. The fourth-order valence-electron chi connectivity index (χ4n) is 7.77. The number of ether oxygens (including phenoxy) is 1. The standard InChI is InChI=1S/C41H43ClFN3O3/c1-41(24-27-11-16-36(42)37(43)21-27)25-32-22-31(23-35(39(32)49-41)34-10-6-8-29-7-4-5-9-33(29)34)28-12-14-30(15-13-28)40(48)46-19-17-45(18-20-46)26-38(47)44(2)3/h4-5,7,9,11-16,21-23,34H,6,8,10,17-20,24-26H2,1-3H3. The van der Waals surface area contributed by atoms with Crippen LogP contribution in [0.2, 0.25) is 5.02 Å². The molecule has 254 valence electrons. The van der Waals surface area contributed by atoms with E-state index in [1.165, 1.54) is 22.8 Å². The summed E-state index contributed by atoms with van der Waals surface area (Å²) in [5, 5.41) is 0.121. The summed E-state index contributed by atoms with van der Waals surface area (Å²) in [6.07, 6.45) is 4.49. The molecule has 2 amide bonds. The quantitative estimate of drug-likeness (QED) is 0.204. The van der Waals surface area contributed by atoms with Gasteiger partial charge in [-0.2, -0.15) is 0 Å². The molecule has 0 saturated carbocycles. The number of carbonyl (C=O) groups is 2. The molecule has 2 atom stereocenters. The fourth-order valence-corrected chi connectivity index (χ4v) is 7.88. The first-order valence-electron chi connectivity index (χ1n) is 17.3. The maximum Gasteiger partial charge on any atom is 0.253 e. The molecule has 2 heterocycles. The van der Waals surface area contributed by atoms with Gasteiger partial charge in [0.2, 0.25) is 5.91 Å². The largest absolute Gasteiger partial charge is 0.486 e. The Morgan fingerprint density at radius 1 is 0.918 bits per heavy atom. The highest BCUT2D eigenvalue weighted by Gasteiger charge is 2.39. The molecule has 1 fully saturated rings. The van der Waals surface area contributed by atoms with E-state index in [2.05, 4.69) is 48.2 Å². The predicted octanol–water partition coefficient (Wildman–Crippen LogP) is 7.40. The number of hydrogen-bond donors (Lipinski definition) is 0. The molecule has 7 rings (SSSR count). The van der Waals surface area contributed by atoms with E-state index >= 15 is 0 Å². The summed E-state index contributed by atoms with van der Waals surface area (Å²) in [5.74, 6) is 0.829. The first-order valence-corrected chi connectivity index (χ1v) is 17.6. The second-order valence-electron chi connectivity index (χ2n) is 14.3. The number of hydrogen-bond acceptors (Lipinski definition) is 4. The third-order valence-corrected chi connectivity index (χ3v) is 10.7. The predicted molar refractivity (Wildman–Crippen MR) is 192 cm³/mol. The Morgan fingerprint density at radius 3 is 2.41 bits per heavy atom. The lowest BCUT2D eigenvalue weighted by atomic mass is 9.77. The molecule has 8 heteroatoms. The molecule has 2 unspecified atom stereocenters. The Kier molecular flexibility index (Phi) is 9.25. The Balaban J connectivity index is 1.16. The molecule has 2 aliphatic heterocycles. The van der Waals surface area contributed by atoms with E-state index in [1.54, 1.807) is 25.1 Å². The second kappa shape index (κ2) is 13.6. The first kappa shape index (κ1) is 33.3. The summed E-state index contributed by atoms with van der Waals surface area (Å²) < 4.78 is 21.3. The number of piperazine rings is 1. The van der Waals surface area contributed by atoms with E-state index in [-0.39, 0.29) is 22.8 Å². The SMILES string of the molecule is CN(C)C(=O)CN1CCN(C(=O)c2ccc(-c3cc4c(c(C5CCCc6ccccc65)c3)OC(C)(Cc3ccc(Cl)c(F)c3)C4)cc2)CC1. The van der Waals surface area contributed by atoms with Gasteiger partial charge in [-0.05, 0) is 96.0 Å². The topological polar surface area (TPSA) is 53.1 Å². The number of aryl methyl sites for hydroxylation is 1. The van der Waals surface area contributed by atoms with E-state index < -0.39 is 11.4 Å². The summed E-state index contributed by atoms with van der Waals surface area (Å²) in [7, 11) is 3.53. The average Bonchev–Trinajstić information content (AvgIpc) is 3.45. The van der Waals surface area contributed by atoms with Crippen molar-refractivity contribution in [3.8, 4) is 16.9 Å². The smallest absolute Gasteiger partial charge is 0.253 e. The van der Waals surface area contributed by atoms with Crippen LogP contribution in [0.15, 0.2) is 78.9 Å². The van der Waals surface area contributed by atoms with Crippen LogP contribution >= 0.6 is 11.6 Å². The minimum Gasteiger partial charge on any atom is -0.486 e. The lowest BCUT2D eigenvalue weighted by Crippen LogP contribution is -2.51. The van der Waals surface area contributed by atoms with Crippen LogP contribution in [-0.2, 0) is 24.1 Å². The molecule has 0 aromatic heterocycles. The highest BCUT2D eigenvalue weighted by atomic mass is 35.5. The molecule has 4 aromatic carbocycles. The van der Waals surface area contributed by atoms with Crippen molar-refractivity contribution in [2.45, 2.75) is 50.5 Å². The van der Waals surface area contributed by atoms with Gasteiger partial charge in [-0.15, -0.1) is 0 Å². The van der Waals surface area contributed by atoms with Crippen LogP contribution in [0.4, 0.5) is 4.39 Å². The molecular formula is C41H43ClFN3O3. The van der Waals surface area contributed by atoms with Crippen molar-refractivity contribution in [1.29, 1.82) is 0 Å². The van der Waals surface area contributed by atoms with Gasteiger partial charge in [-0.1, -0.05) is 54.1 Å². The van der Waals surface area contributed by atoms with Crippen LogP contribution in [0.5, 0.6) is 5.75 Å². The van der Waals surface area contributed by atoms with E-state index in [0.29, 0.717) is 51.1 Å². The van der Waals surface area contributed by atoms with Gasteiger partial charge in [0.25, 0.3) is 5.91 Å². The Hall–Kier alpha value is -4.20. The molecule has 6 nitrogen and oxygen atoms in total. The molecule has 1 saturated heterocycles. The minimum absolute atomic E-state index is 0.0152. The summed E-state index contributed by atoms with van der Waals surface area (Å²) >= 11 is 5.98. The summed E-state index contributed by atoms with van der Waals surface area (Å²) in [6.45, 7) is 5.04. The minimum atomic E-state index is -0.537. The highest BCUT2D eigenvalue weighted by Crippen LogP contribution is 2.48. The lowest BCUT2D eigenvalue weighted by Gasteiger charge is -2.34. The van der Waals surface area contributed by atoms with Crippen molar-refractivity contribution in [2.75, 3.05) is 46.8 Å². The number of amides is 2. The number of carbonyl (C=O) groups excluding carboxylic acids is 2. The van der Waals surface area contributed by atoms with Gasteiger partial charge in [0.15, 0.2) is 0 Å². The van der Waals surface area contributed by atoms with Gasteiger partial charge >= 0.3 is 0 Å². The number of likely N-dealkylation sites (N-methyl/N-ethyl adjacent to an activating group) is 1. The third kappa shape index (κ3) is 6.97. The van der Waals surface area contributed by atoms with E-state index in [1.807, 2.05) is 35.2 Å². The zero-order chi connectivity index (χ0) is 34.3. The van der Waals surface area contributed by atoms with Crippen LogP contribution in [0, 0.1) is 5.82 Å². The molecule has 0 bridgehead atoms. The van der Waals surface area contributed by atoms with Gasteiger partial charge in [-0.25, -0.2) is 4.39 Å². The highest BCUT2D eigenvalue weighted by molar-refractivity contribution is 6.30. The van der Waals surface area contributed by atoms with Gasteiger partial charge in [0.1, 0.15) is 17.2 Å². The van der Waals surface area contributed by atoms with Crippen LogP contribution < -0.4 is 4.74 Å². The number of nitrogens with zero attached hydrogens (tertiary/aromatic N) is 3. The van der Waals surface area contributed by atoms with Crippen molar-refractivity contribution in [3.05, 3.63) is 123 Å². The zero-order valence-corrected chi connectivity index (χ0v) is 29.2. The Morgan fingerprint density at radius 2 is 1.67 bits per heavy atom. The third-order valence-electron chi connectivity index (χ3n) is 10.4. The van der Waals surface area contributed by atoms with Crippen molar-refractivity contribution < 1.29 is 18.7 Å². The number of benzene rings is 4. The summed E-state index contributed by atoms with van der Waals surface area (Å²) in [4.78, 5) is 31.2. The van der Waals surface area contributed by atoms with Crippen LogP contribution in [0.3, 0.4) is 0 Å². The number of fused-ring (bicyclic) bond motifs is 2. The number of halogens is 2. The molecule has 0 spiro atoms. The van der Waals surface area contributed by atoms with Gasteiger partial charge in [0, 0.05) is 70.2 Å². The van der Waals surface area contributed by atoms with Crippen LogP contribution in [-0.4, -0.2) is 78.9 Å². The van der Waals surface area contributed by atoms with Crippen molar-refractivity contribution in [2.24, 2.45) is 0 Å². The van der Waals surface area contributed by atoms with Gasteiger partial charge in [0.05, 0.1) is 11.6 Å². The normalized spacial score (nSPS) is 20.3. The van der Waals surface area contributed by atoms with Gasteiger partial charge in [-0.3, -0.25) is 14.5 Å². The van der Waals surface area contributed by atoms with Crippen LogP contribution in [0.25, 0.3) is 11.1 Å². The number of rotatable bonds is 7. The van der Waals surface area contributed by atoms with E-state index in [0.717, 1.165) is 47.3 Å². The fraction of sp³-hybridized carbons (Fsp3) is 0.366.